The van der Waals surface area contributed by atoms with Gasteiger partial charge < -0.3 is 9.84 Å². The van der Waals surface area contributed by atoms with E-state index in [0.717, 1.165) is 5.56 Å². The van der Waals surface area contributed by atoms with Crippen LogP contribution in [-0.2, 0) is 9.53 Å². The summed E-state index contributed by atoms with van der Waals surface area (Å²) in [6.45, 7) is 1.51. The van der Waals surface area contributed by atoms with Gasteiger partial charge in [0.15, 0.2) is 0 Å². The van der Waals surface area contributed by atoms with Crippen molar-refractivity contribution in [3.8, 4) is 0 Å². The van der Waals surface area contributed by atoms with Crippen LogP contribution in [-0.4, -0.2) is 29.3 Å². The molecule has 1 heterocycles. The maximum absolute atomic E-state index is 10.6. The van der Waals surface area contributed by atoms with Crippen LogP contribution in [0.1, 0.15) is 18.4 Å². The number of carbonyl (C=O) groups is 1. The quantitative estimate of drug-likeness (QED) is 0.719. The Morgan fingerprint density at radius 1 is 1.57 bits per heavy atom. The molecular weight excluding hydrogens is 182 g/mol. The third-order valence-corrected chi connectivity index (χ3v) is 1.89. The number of aliphatic hydroxyl groups excluding tert-OH is 1. The number of aliphatic hydroxyl groups is 1. The normalized spacial score (nSPS) is 12.1. The third-order valence-electron chi connectivity index (χ3n) is 1.89. The molecule has 1 aromatic rings. The van der Waals surface area contributed by atoms with Crippen molar-refractivity contribution >= 4 is 5.97 Å². The summed E-state index contributed by atoms with van der Waals surface area (Å²) in [7, 11) is 0. The Hall–Kier alpha value is -1.42. The zero-order chi connectivity index (χ0) is 10.4. The summed E-state index contributed by atoms with van der Waals surface area (Å²) in [5.74, 6) is -0.501. The number of hydrogen-bond acceptors (Lipinski definition) is 4. The molecule has 1 atom stereocenters. The number of pyridine rings is 1. The van der Waals surface area contributed by atoms with Gasteiger partial charge in [-0.25, -0.2) is 0 Å². The predicted molar refractivity (Wildman–Crippen MR) is 50.7 cm³/mol. The lowest BCUT2D eigenvalue weighted by Gasteiger charge is -2.13. The van der Waals surface area contributed by atoms with Crippen LogP contribution in [0, 0.1) is 0 Å². The van der Waals surface area contributed by atoms with E-state index in [-0.39, 0.29) is 25.1 Å². The summed E-state index contributed by atoms with van der Waals surface area (Å²) in [6.07, 6.45) is 3.29. The molecule has 1 unspecified atom stereocenters. The monoisotopic (exact) mass is 195 g/mol. The average molecular weight is 195 g/mol. The van der Waals surface area contributed by atoms with Gasteiger partial charge in [0.05, 0.1) is 6.61 Å². The molecular formula is C10H13NO3. The molecule has 0 aromatic carbocycles. The molecule has 0 bridgehead atoms. The summed E-state index contributed by atoms with van der Waals surface area (Å²) in [6, 6.07) is 3.59. The Morgan fingerprint density at radius 3 is 2.71 bits per heavy atom. The minimum Gasteiger partial charge on any atom is -0.465 e. The van der Waals surface area contributed by atoms with Crippen molar-refractivity contribution in [1.82, 2.24) is 4.98 Å². The van der Waals surface area contributed by atoms with E-state index in [2.05, 4.69) is 4.98 Å². The minimum absolute atomic E-state index is 0.0444. The van der Waals surface area contributed by atoms with Gasteiger partial charge in [0, 0.05) is 25.2 Å². The highest BCUT2D eigenvalue weighted by molar-refractivity contribution is 5.65. The molecule has 0 radical (unpaired) electrons. The second-order valence-corrected chi connectivity index (χ2v) is 2.96. The molecule has 0 aliphatic carbocycles. The smallest absolute Gasteiger partial charge is 0.302 e. The van der Waals surface area contributed by atoms with Crippen molar-refractivity contribution in [3.63, 3.8) is 0 Å². The summed E-state index contributed by atoms with van der Waals surface area (Å²) in [4.78, 5) is 14.4. The first-order valence-corrected chi connectivity index (χ1v) is 4.38. The van der Waals surface area contributed by atoms with Crippen LogP contribution in [0.15, 0.2) is 24.5 Å². The highest BCUT2D eigenvalue weighted by Gasteiger charge is 2.11. The van der Waals surface area contributed by atoms with Gasteiger partial charge in [-0.3, -0.25) is 9.78 Å². The van der Waals surface area contributed by atoms with Crippen LogP contribution in [0.4, 0.5) is 0 Å². The fourth-order valence-electron chi connectivity index (χ4n) is 1.11. The zero-order valence-electron chi connectivity index (χ0n) is 8.01. The predicted octanol–water partition coefficient (Wildman–Crippen LogP) is 0.721. The Labute approximate surface area is 82.5 Å². The van der Waals surface area contributed by atoms with Crippen molar-refractivity contribution in [3.05, 3.63) is 30.1 Å². The SMILES string of the molecule is CC(=O)OCC(CO)c1ccncc1. The van der Waals surface area contributed by atoms with E-state index in [0.29, 0.717) is 0 Å². The topological polar surface area (TPSA) is 59.4 Å². The first kappa shape index (κ1) is 10.7. The minimum atomic E-state index is -0.336. The lowest BCUT2D eigenvalue weighted by atomic mass is 10.0. The standard InChI is InChI=1S/C10H13NO3/c1-8(13)14-7-10(6-12)9-2-4-11-5-3-9/h2-5,10,12H,6-7H2,1H3. The van der Waals surface area contributed by atoms with Crippen LogP contribution in [0.3, 0.4) is 0 Å². The van der Waals surface area contributed by atoms with E-state index in [1.807, 2.05) is 0 Å². The molecule has 1 N–H and O–H groups in total. The van der Waals surface area contributed by atoms with Crippen molar-refractivity contribution in [1.29, 1.82) is 0 Å². The molecule has 0 saturated heterocycles. The van der Waals surface area contributed by atoms with Crippen molar-refractivity contribution in [2.24, 2.45) is 0 Å². The number of carbonyl (C=O) groups excluding carboxylic acids is 1. The Morgan fingerprint density at radius 2 is 2.21 bits per heavy atom. The van der Waals surface area contributed by atoms with Crippen LogP contribution in [0.5, 0.6) is 0 Å². The van der Waals surface area contributed by atoms with Crippen molar-refractivity contribution in [2.75, 3.05) is 13.2 Å². The summed E-state index contributed by atoms with van der Waals surface area (Å²) in [5.41, 5.74) is 0.920. The van der Waals surface area contributed by atoms with Gasteiger partial charge >= 0.3 is 5.97 Å². The number of rotatable bonds is 4. The number of esters is 1. The number of hydrogen-bond donors (Lipinski definition) is 1. The first-order valence-electron chi connectivity index (χ1n) is 4.38. The molecule has 4 heteroatoms. The number of aromatic nitrogens is 1. The molecule has 0 saturated carbocycles. The van der Waals surface area contributed by atoms with Crippen LogP contribution >= 0.6 is 0 Å². The molecule has 0 aliphatic rings. The van der Waals surface area contributed by atoms with Gasteiger partial charge in [-0.05, 0) is 17.7 Å². The second-order valence-electron chi connectivity index (χ2n) is 2.96. The number of nitrogens with zero attached hydrogens (tertiary/aromatic N) is 1. The lowest BCUT2D eigenvalue weighted by Crippen LogP contribution is -2.14. The number of ether oxygens (including phenoxy) is 1. The molecule has 0 fully saturated rings. The molecule has 4 nitrogen and oxygen atoms in total. The van der Waals surface area contributed by atoms with Gasteiger partial charge in [0.1, 0.15) is 6.61 Å². The van der Waals surface area contributed by atoms with Gasteiger partial charge in [-0.2, -0.15) is 0 Å². The van der Waals surface area contributed by atoms with E-state index >= 15 is 0 Å². The summed E-state index contributed by atoms with van der Waals surface area (Å²) < 4.78 is 4.83. The van der Waals surface area contributed by atoms with Crippen LogP contribution in [0.2, 0.25) is 0 Å². The molecule has 1 aromatic heterocycles. The van der Waals surface area contributed by atoms with E-state index in [1.54, 1.807) is 24.5 Å². The largest absolute Gasteiger partial charge is 0.465 e. The third kappa shape index (κ3) is 3.14. The molecule has 0 aliphatic heterocycles. The highest BCUT2D eigenvalue weighted by atomic mass is 16.5. The molecule has 14 heavy (non-hydrogen) atoms. The van der Waals surface area contributed by atoms with E-state index in [4.69, 9.17) is 9.84 Å². The summed E-state index contributed by atoms with van der Waals surface area (Å²) in [5, 5.41) is 9.08. The fourth-order valence-corrected chi connectivity index (χ4v) is 1.11. The molecule has 0 spiro atoms. The zero-order valence-corrected chi connectivity index (χ0v) is 8.01. The van der Waals surface area contributed by atoms with Gasteiger partial charge in [0.25, 0.3) is 0 Å². The van der Waals surface area contributed by atoms with Gasteiger partial charge in [-0.15, -0.1) is 0 Å². The maximum Gasteiger partial charge on any atom is 0.302 e. The second kappa shape index (κ2) is 5.34. The van der Waals surface area contributed by atoms with Crippen LogP contribution < -0.4 is 0 Å². The average Bonchev–Trinajstić information content (AvgIpc) is 2.20. The Kier molecular flexibility index (Phi) is 4.07. The Balaban J connectivity index is 2.58. The van der Waals surface area contributed by atoms with Gasteiger partial charge in [0.2, 0.25) is 0 Å². The molecule has 0 amide bonds. The van der Waals surface area contributed by atoms with Gasteiger partial charge in [-0.1, -0.05) is 0 Å². The summed E-state index contributed by atoms with van der Waals surface area (Å²) >= 11 is 0. The maximum atomic E-state index is 10.6. The lowest BCUT2D eigenvalue weighted by molar-refractivity contribution is -0.141. The van der Waals surface area contributed by atoms with E-state index in [1.165, 1.54) is 6.92 Å². The highest BCUT2D eigenvalue weighted by Crippen LogP contribution is 2.14. The van der Waals surface area contributed by atoms with Crippen molar-refractivity contribution < 1.29 is 14.6 Å². The van der Waals surface area contributed by atoms with E-state index < -0.39 is 0 Å². The van der Waals surface area contributed by atoms with E-state index in [9.17, 15) is 4.79 Å². The molecule has 76 valence electrons. The molecule has 1 rings (SSSR count). The first-order chi connectivity index (χ1) is 6.74. The van der Waals surface area contributed by atoms with Crippen LogP contribution in [0.25, 0.3) is 0 Å². The Bertz CT molecular complexity index is 287. The fraction of sp³-hybridized carbons (Fsp3) is 0.400. The van der Waals surface area contributed by atoms with Crippen molar-refractivity contribution in [2.45, 2.75) is 12.8 Å².